The van der Waals surface area contributed by atoms with Crippen LogP contribution in [0.15, 0.2) is 27.1 Å². The maximum absolute atomic E-state index is 12.3. The van der Waals surface area contributed by atoms with Gasteiger partial charge in [-0.25, -0.2) is 0 Å². The summed E-state index contributed by atoms with van der Waals surface area (Å²) >= 11 is 6.68. The van der Waals surface area contributed by atoms with E-state index >= 15 is 0 Å². The van der Waals surface area contributed by atoms with Gasteiger partial charge >= 0.3 is 10.2 Å². The van der Waals surface area contributed by atoms with Crippen molar-refractivity contribution in [3.8, 4) is 0 Å². The van der Waals surface area contributed by atoms with Crippen LogP contribution in [0.2, 0.25) is 0 Å². The van der Waals surface area contributed by atoms with Crippen molar-refractivity contribution in [2.45, 2.75) is 25.3 Å². The van der Waals surface area contributed by atoms with Gasteiger partial charge in [0.1, 0.15) is 0 Å². The number of halogens is 2. The lowest BCUT2D eigenvalue weighted by molar-refractivity contribution is 0.458. The van der Waals surface area contributed by atoms with Crippen LogP contribution in [-0.4, -0.2) is 38.9 Å². The fraction of sp³-hybridized carbons (Fsp3) is 0.538. The Labute approximate surface area is 142 Å². The molecule has 2 N–H and O–H groups in total. The van der Waals surface area contributed by atoms with Gasteiger partial charge in [-0.3, -0.25) is 4.72 Å². The van der Waals surface area contributed by atoms with Crippen LogP contribution < -0.4 is 10.0 Å². The molecule has 0 atom stereocenters. The average molecular weight is 441 g/mol. The van der Waals surface area contributed by atoms with E-state index < -0.39 is 10.2 Å². The van der Waals surface area contributed by atoms with Gasteiger partial charge in [-0.15, -0.1) is 0 Å². The molecule has 1 aromatic rings. The molecule has 8 heteroatoms. The van der Waals surface area contributed by atoms with Gasteiger partial charge < -0.3 is 5.32 Å². The van der Waals surface area contributed by atoms with Crippen molar-refractivity contribution in [1.82, 2.24) is 9.62 Å². The summed E-state index contributed by atoms with van der Waals surface area (Å²) in [6, 6.07) is 6.02. The van der Waals surface area contributed by atoms with Gasteiger partial charge in [-0.1, -0.05) is 15.9 Å². The largest absolute Gasteiger partial charge is 0.314 e. The number of nitrogens with one attached hydrogen (secondary N) is 2. The summed E-state index contributed by atoms with van der Waals surface area (Å²) in [6.45, 7) is 1.34. The fourth-order valence-corrected chi connectivity index (χ4v) is 3.62. The second-order valence-corrected chi connectivity index (χ2v) is 8.68. The Morgan fingerprint density at radius 2 is 2.05 bits per heavy atom. The third-order valence-corrected chi connectivity index (χ3v) is 5.90. The van der Waals surface area contributed by atoms with E-state index in [9.17, 15) is 8.42 Å². The van der Waals surface area contributed by atoms with Crippen molar-refractivity contribution >= 4 is 47.8 Å². The SMILES string of the molecule is CN(CCCNC1CC1)S(=O)(=O)Nc1cc(Br)ccc1Br. The summed E-state index contributed by atoms with van der Waals surface area (Å²) < 4.78 is 30.0. The first-order valence-corrected chi connectivity index (χ1v) is 9.83. The van der Waals surface area contributed by atoms with Crippen LogP contribution in [0.4, 0.5) is 5.69 Å². The van der Waals surface area contributed by atoms with Gasteiger partial charge in [0.05, 0.1) is 5.69 Å². The normalized spacial score (nSPS) is 15.4. The molecule has 0 aromatic heterocycles. The first kappa shape index (κ1) is 17.2. The summed E-state index contributed by atoms with van der Waals surface area (Å²) in [5, 5.41) is 3.37. The standard InChI is InChI=1S/C13H19Br2N3O2S/c1-18(8-2-7-16-11-4-5-11)21(19,20)17-13-9-10(14)3-6-12(13)15/h3,6,9,11,16-17H,2,4-5,7-8H2,1H3. The highest BCUT2D eigenvalue weighted by atomic mass is 79.9. The summed E-state index contributed by atoms with van der Waals surface area (Å²) in [5.41, 5.74) is 0.521. The predicted octanol–water partition coefficient (Wildman–Crippen LogP) is 2.94. The number of hydrogen-bond donors (Lipinski definition) is 2. The molecule has 1 aromatic carbocycles. The van der Waals surface area contributed by atoms with Gasteiger partial charge in [0.25, 0.3) is 0 Å². The molecule has 0 heterocycles. The lowest BCUT2D eigenvalue weighted by atomic mass is 10.3. The smallest absolute Gasteiger partial charge is 0.301 e. The van der Waals surface area contributed by atoms with E-state index in [1.807, 2.05) is 6.07 Å². The zero-order valence-electron chi connectivity index (χ0n) is 11.8. The highest BCUT2D eigenvalue weighted by Crippen LogP contribution is 2.27. The molecule has 0 unspecified atom stereocenters. The summed E-state index contributed by atoms with van der Waals surface area (Å²) in [6.07, 6.45) is 3.28. The molecule has 0 saturated heterocycles. The van der Waals surface area contributed by atoms with Crippen LogP contribution in [0.5, 0.6) is 0 Å². The van der Waals surface area contributed by atoms with Gasteiger partial charge in [-0.2, -0.15) is 12.7 Å². The molecule has 0 bridgehead atoms. The molecule has 2 rings (SSSR count). The van der Waals surface area contributed by atoms with E-state index in [4.69, 9.17) is 0 Å². The molecule has 118 valence electrons. The molecular weight excluding hydrogens is 422 g/mol. The van der Waals surface area contributed by atoms with Crippen molar-refractivity contribution in [1.29, 1.82) is 0 Å². The zero-order valence-corrected chi connectivity index (χ0v) is 15.8. The summed E-state index contributed by atoms with van der Waals surface area (Å²) in [7, 11) is -1.94. The number of anilines is 1. The minimum Gasteiger partial charge on any atom is -0.314 e. The number of nitrogens with zero attached hydrogens (tertiary/aromatic N) is 1. The second-order valence-electron chi connectivity index (χ2n) is 5.13. The van der Waals surface area contributed by atoms with E-state index in [0.717, 1.165) is 17.4 Å². The van der Waals surface area contributed by atoms with Crippen molar-refractivity contribution in [2.75, 3.05) is 24.9 Å². The van der Waals surface area contributed by atoms with Crippen molar-refractivity contribution in [3.05, 3.63) is 27.1 Å². The van der Waals surface area contributed by atoms with Crippen LogP contribution in [0, 0.1) is 0 Å². The number of benzene rings is 1. The van der Waals surface area contributed by atoms with E-state index in [2.05, 4.69) is 41.9 Å². The molecule has 0 aliphatic heterocycles. The Morgan fingerprint density at radius 3 is 2.71 bits per heavy atom. The summed E-state index contributed by atoms with van der Waals surface area (Å²) in [5.74, 6) is 0. The topological polar surface area (TPSA) is 61.4 Å². The van der Waals surface area contributed by atoms with Crippen LogP contribution in [0.3, 0.4) is 0 Å². The van der Waals surface area contributed by atoms with E-state index in [1.165, 1.54) is 17.1 Å². The lowest BCUT2D eigenvalue weighted by Crippen LogP contribution is -2.34. The predicted molar refractivity (Wildman–Crippen MR) is 92.7 cm³/mol. The van der Waals surface area contributed by atoms with Crippen molar-refractivity contribution in [3.63, 3.8) is 0 Å². The van der Waals surface area contributed by atoms with Crippen LogP contribution >= 0.6 is 31.9 Å². The monoisotopic (exact) mass is 439 g/mol. The Bertz CT molecular complexity index is 591. The minimum atomic E-state index is -3.53. The first-order chi connectivity index (χ1) is 9.88. The Morgan fingerprint density at radius 1 is 1.33 bits per heavy atom. The molecule has 1 aliphatic carbocycles. The second kappa shape index (κ2) is 7.41. The van der Waals surface area contributed by atoms with Crippen molar-refractivity contribution < 1.29 is 8.42 Å². The molecule has 0 amide bonds. The Kier molecular flexibility index (Phi) is 6.07. The van der Waals surface area contributed by atoms with Gasteiger partial charge in [-0.05, 0) is 59.9 Å². The average Bonchev–Trinajstić information content (AvgIpc) is 3.22. The molecule has 0 spiro atoms. The molecule has 1 fully saturated rings. The highest BCUT2D eigenvalue weighted by Gasteiger charge is 2.21. The quantitative estimate of drug-likeness (QED) is 0.611. The summed E-state index contributed by atoms with van der Waals surface area (Å²) in [4.78, 5) is 0. The maximum Gasteiger partial charge on any atom is 0.301 e. The van der Waals surface area contributed by atoms with E-state index in [-0.39, 0.29) is 0 Å². The van der Waals surface area contributed by atoms with E-state index in [1.54, 1.807) is 19.2 Å². The Balaban J connectivity index is 1.88. The fourth-order valence-electron chi connectivity index (χ4n) is 1.81. The molecular formula is C13H19Br2N3O2S. The highest BCUT2D eigenvalue weighted by molar-refractivity contribution is 9.11. The number of rotatable bonds is 8. The van der Waals surface area contributed by atoms with Crippen LogP contribution in [0.25, 0.3) is 0 Å². The molecule has 1 saturated carbocycles. The zero-order chi connectivity index (χ0) is 15.5. The Hall–Kier alpha value is -0.150. The molecule has 5 nitrogen and oxygen atoms in total. The third-order valence-electron chi connectivity index (χ3n) is 3.24. The van der Waals surface area contributed by atoms with Gasteiger partial charge in [0.2, 0.25) is 0 Å². The minimum absolute atomic E-state index is 0.487. The maximum atomic E-state index is 12.3. The van der Waals surface area contributed by atoms with Crippen LogP contribution in [0.1, 0.15) is 19.3 Å². The number of hydrogen-bond acceptors (Lipinski definition) is 3. The molecule has 21 heavy (non-hydrogen) atoms. The molecule has 1 aliphatic rings. The van der Waals surface area contributed by atoms with Crippen molar-refractivity contribution in [2.24, 2.45) is 0 Å². The molecule has 0 radical (unpaired) electrons. The van der Waals surface area contributed by atoms with E-state index in [0.29, 0.717) is 22.7 Å². The third kappa shape index (κ3) is 5.52. The van der Waals surface area contributed by atoms with Crippen LogP contribution in [-0.2, 0) is 10.2 Å². The first-order valence-electron chi connectivity index (χ1n) is 6.81. The van der Waals surface area contributed by atoms with Gasteiger partial charge in [0.15, 0.2) is 0 Å². The van der Waals surface area contributed by atoms with Gasteiger partial charge in [0, 0.05) is 28.6 Å². The lowest BCUT2D eigenvalue weighted by Gasteiger charge is -2.19.